The molecule has 2 saturated heterocycles. The number of amides is 1. The largest absolute Gasteiger partial charge is 0.334 e. The van der Waals surface area contributed by atoms with E-state index in [-0.39, 0.29) is 17.3 Å². The maximum absolute atomic E-state index is 12.6. The fraction of sp³-hybridized carbons (Fsp3) is 0.692. The van der Waals surface area contributed by atoms with Crippen molar-refractivity contribution < 1.29 is 9.72 Å². The number of nitrogens with zero attached hydrogens (tertiary/aromatic N) is 5. The Labute approximate surface area is 122 Å². The second-order valence-corrected chi connectivity index (χ2v) is 5.75. The fourth-order valence-corrected chi connectivity index (χ4v) is 3.28. The first-order valence-corrected chi connectivity index (χ1v) is 7.20. The Balaban J connectivity index is 1.85. The van der Waals surface area contributed by atoms with Crippen LogP contribution in [-0.2, 0) is 7.05 Å². The Bertz CT molecular complexity index is 597. The lowest BCUT2D eigenvalue weighted by Gasteiger charge is -2.37. The summed E-state index contributed by atoms with van der Waals surface area (Å²) in [5, 5.41) is 15.3. The number of rotatable bonds is 2. The zero-order chi connectivity index (χ0) is 15.1. The number of hydrogen-bond acceptors (Lipinski definition) is 5. The highest BCUT2D eigenvalue weighted by Gasteiger charge is 2.37. The van der Waals surface area contributed by atoms with Gasteiger partial charge in [-0.05, 0) is 26.3 Å². The summed E-state index contributed by atoms with van der Waals surface area (Å²) in [7, 11) is 1.62. The number of fused-ring (bicyclic) bond motifs is 1. The molecule has 0 spiro atoms. The molecule has 2 fully saturated rings. The first-order chi connectivity index (χ1) is 9.99. The van der Waals surface area contributed by atoms with Crippen molar-refractivity contribution in [3.63, 3.8) is 0 Å². The second-order valence-electron chi connectivity index (χ2n) is 5.75. The van der Waals surface area contributed by atoms with Crippen LogP contribution in [0.25, 0.3) is 0 Å². The molecule has 0 bridgehead atoms. The third-order valence-corrected chi connectivity index (χ3v) is 4.56. The first-order valence-electron chi connectivity index (χ1n) is 7.20. The normalized spacial score (nSPS) is 22.4. The van der Waals surface area contributed by atoms with Gasteiger partial charge < -0.3 is 4.90 Å². The van der Waals surface area contributed by atoms with Crippen LogP contribution in [0.3, 0.4) is 0 Å². The number of carbonyl (C=O) groups is 1. The summed E-state index contributed by atoms with van der Waals surface area (Å²) in [5.74, 6) is -0.322. The van der Waals surface area contributed by atoms with E-state index in [2.05, 4.69) is 10.00 Å². The molecule has 1 aromatic heterocycles. The van der Waals surface area contributed by atoms with E-state index in [1.54, 1.807) is 18.9 Å². The molecule has 21 heavy (non-hydrogen) atoms. The van der Waals surface area contributed by atoms with E-state index in [9.17, 15) is 14.9 Å². The maximum Gasteiger partial charge on any atom is 0.322 e. The highest BCUT2D eigenvalue weighted by molar-refractivity contribution is 5.96. The molecule has 8 nitrogen and oxygen atoms in total. The minimum atomic E-state index is -0.513. The molecule has 8 heteroatoms. The molecule has 0 saturated carbocycles. The Morgan fingerprint density at radius 3 is 2.86 bits per heavy atom. The smallest absolute Gasteiger partial charge is 0.322 e. The number of piperazine rings is 1. The average molecular weight is 293 g/mol. The van der Waals surface area contributed by atoms with Gasteiger partial charge in [-0.1, -0.05) is 0 Å². The van der Waals surface area contributed by atoms with Crippen molar-refractivity contribution in [3.8, 4) is 0 Å². The van der Waals surface area contributed by atoms with Crippen LogP contribution in [0.1, 0.15) is 29.0 Å². The van der Waals surface area contributed by atoms with Gasteiger partial charge in [0.2, 0.25) is 5.69 Å². The van der Waals surface area contributed by atoms with E-state index in [1.807, 2.05) is 0 Å². The van der Waals surface area contributed by atoms with Crippen molar-refractivity contribution in [2.24, 2.45) is 7.05 Å². The maximum atomic E-state index is 12.6. The van der Waals surface area contributed by atoms with Crippen LogP contribution in [0.2, 0.25) is 0 Å². The van der Waals surface area contributed by atoms with Gasteiger partial charge in [0.15, 0.2) is 0 Å². The monoisotopic (exact) mass is 293 g/mol. The van der Waals surface area contributed by atoms with Gasteiger partial charge in [-0.15, -0.1) is 0 Å². The summed E-state index contributed by atoms with van der Waals surface area (Å²) >= 11 is 0. The van der Waals surface area contributed by atoms with Crippen molar-refractivity contribution in [2.75, 3.05) is 26.2 Å². The highest BCUT2D eigenvalue weighted by Crippen LogP contribution is 2.26. The molecule has 1 unspecified atom stereocenters. The van der Waals surface area contributed by atoms with Crippen LogP contribution < -0.4 is 0 Å². The van der Waals surface area contributed by atoms with Gasteiger partial charge in [-0.25, -0.2) is 0 Å². The molecule has 3 rings (SSSR count). The SMILES string of the molecule is Cc1c([N+](=O)[O-])c(C(=O)N2CCN3CCCC3C2)nn1C. The molecule has 1 aromatic rings. The predicted octanol–water partition coefficient (Wildman–Crippen LogP) is 0.557. The summed E-state index contributed by atoms with van der Waals surface area (Å²) < 4.78 is 1.40. The standard InChI is InChI=1S/C13H19N5O3/c1-9-12(18(20)21)11(14-15(9)2)13(19)17-7-6-16-5-3-4-10(16)8-17/h10H,3-8H2,1-2H3. The molecule has 1 atom stereocenters. The van der Waals surface area contributed by atoms with Crippen molar-refractivity contribution in [1.82, 2.24) is 19.6 Å². The van der Waals surface area contributed by atoms with E-state index in [0.717, 1.165) is 25.9 Å². The van der Waals surface area contributed by atoms with Gasteiger partial charge >= 0.3 is 5.69 Å². The molecule has 2 aliphatic rings. The number of nitro groups is 1. The lowest BCUT2D eigenvalue weighted by molar-refractivity contribution is -0.385. The second kappa shape index (κ2) is 5.10. The van der Waals surface area contributed by atoms with Crippen LogP contribution >= 0.6 is 0 Å². The molecule has 114 valence electrons. The highest BCUT2D eigenvalue weighted by atomic mass is 16.6. The summed E-state index contributed by atoms with van der Waals surface area (Å²) in [6, 6.07) is 0.395. The topological polar surface area (TPSA) is 84.5 Å². The Morgan fingerprint density at radius 2 is 2.14 bits per heavy atom. The van der Waals surface area contributed by atoms with Crippen LogP contribution in [0.15, 0.2) is 0 Å². The lowest BCUT2D eigenvalue weighted by Crippen LogP contribution is -2.52. The van der Waals surface area contributed by atoms with E-state index in [0.29, 0.717) is 24.8 Å². The van der Waals surface area contributed by atoms with Crippen LogP contribution in [0.4, 0.5) is 5.69 Å². The number of hydrogen-bond donors (Lipinski definition) is 0. The number of carbonyl (C=O) groups excluding carboxylic acids is 1. The molecule has 0 N–H and O–H groups in total. The van der Waals surface area contributed by atoms with Gasteiger partial charge in [0.05, 0.1) is 4.92 Å². The quantitative estimate of drug-likeness (QED) is 0.587. The minimum absolute atomic E-state index is 0.0357. The van der Waals surface area contributed by atoms with Crippen LogP contribution in [-0.4, -0.2) is 62.6 Å². The molecular weight excluding hydrogens is 274 g/mol. The van der Waals surface area contributed by atoms with Gasteiger partial charge in [0.25, 0.3) is 5.91 Å². The van der Waals surface area contributed by atoms with Crippen LogP contribution in [0, 0.1) is 17.0 Å². The van der Waals surface area contributed by atoms with Crippen molar-refractivity contribution in [3.05, 3.63) is 21.5 Å². The third-order valence-electron chi connectivity index (χ3n) is 4.56. The van der Waals surface area contributed by atoms with Gasteiger partial charge in [0.1, 0.15) is 5.69 Å². The average Bonchev–Trinajstić information content (AvgIpc) is 3.02. The molecule has 3 heterocycles. The lowest BCUT2D eigenvalue weighted by atomic mass is 10.1. The van der Waals surface area contributed by atoms with Crippen molar-refractivity contribution in [1.29, 1.82) is 0 Å². The molecule has 0 aliphatic carbocycles. The zero-order valence-electron chi connectivity index (χ0n) is 12.3. The summed E-state index contributed by atoms with van der Waals surface area (Å²) in [5.41, 5.74) is 0.200. The molecule has 1 amide bonds. The van der Waals surface area contributed by atoms with E-state index >= 15 is 0 Å². The van der Waals surface area contributed by atoms with Gasteiger partial charge in [0, 0.05) is 32.7 Å². The van der Waals surface area contributed by atoms with E-state index in [1.165, 1.54) is 4.68 Å². The van der Waals surface area contributed by atoms with E-state index < -0.39 is 4.92 Å². The predicted molar refractivity (Wildman–Crippen MR) is 75.1 cm³/mol. The third kappa shape index (κ3) is 2.29. The first kappa shape index (κ1) is 14.0. The van der Waals surface area contributed by atoms with Crippen molar-refractivity contribution in [2.45, 2.75) is 25.8 Å². The summed E-state index contributed by atoms with van der Waals surface area (Å²) in [6.45, 7) is 4.80. The molecule has 0 radical (unpaired) electrons. The Kier molecular flexibility index (Phi) is 3.40. The van der Waals surface area contributed by atoms with Gasteiger partial charge in [-0.2, -0.15) is 5.10 Å². The zero-order valence-corrected chi connectivity index (χ0v) is 12.3. The number of aromatic nitrogens is 2. The van der Waals surface area contributed by atoms with E-state index in [4.69, 9.17) is 0 Å². The summed E-state index contributed by atoms with van der Waals surface area (Å²) in [6.07, 6.45) is 2.25. The molecule has 0 aromatic carbocycles. The van der Waals surface area contributed by atoms with Gasteiger partial charge in [-0.3, -0.25) is 24.5 Å². The van der Waals surface area contributed by atoms with Crippen LogP contribution in [0.5, 0.6) is 0 Å². The fourth-order valence-electron chi connectivity index (χ4n) is 3.28. The minimum Gasteiger partial charge on any atom is -0.334 e. The number of aryl methyl sites for hydroxylation is 1. The molecule has 2 aliphatic heterocycles. The Hall–Kier alpha value is -1.96. The Morgan fingerprint density at radius 1 is 1.38 bits per heavy atom. The van der Waals surface area contributed by atoms with Crippen molar-refractivity contribution >= 4 is 11.6 Å². The summed E-state index contributed by atoms with van der Waals surface area (Å²) in [4.78, 5) is 27.4. The molecular formula is C13H19N5O3.